The molecule has 15 heavy (non-hydrogen) atoms. The van der Waals surface area contributed by atoms with E-state index in [-0.39, 0.29) is 5.79 Å². The van der Waals surface area contributed by atoms with E-state index < -0.39 is 0 Å². The Morgan fingerprint density at radius 2 is 2.13 bits per heavy atom. The minimum Gasteiger partial charge on any atom is -0.347 e. The molecule has 1 fully saturated rings. The standard InChI is InChI=1S/C11H14N2O2/c1-8-12-7-9-6-11(14-4-5-15-11)3-2-10(9)13-8/h7H,2-6H2,1H3. The minimum absolute atomic E-state index is 0.369. The molecule has 0 unspecified atom stereocenters. The van der Waals surface area contributed by atoms with Crippen LogP contribution in [0.4, 0.5) is 0 Å². The monoisotopic (exact) mass is 206 g/mol. The number of hydrogen-bond acceptors (Lipinski definition) is 4. The molecule has 0 aromatic carbocycles. The van der Waals surface area contributed by atoms with Crippen molar-refractivity contribution < 1.29 is 9.47 Å². The summed E-state index contributed by atoms with van der Waals surface area (Å²) >= 11 is 0. The van der Waals surface area contributed by atoms with Crippen molar-refractivity contribution in [3.63, 3.8) is 0 Å². The second-order valence-corrected chi connectivity index (χ2v) is 4.17. The third-order valence-electron chi connectivity index (χ3n) is 3.09. The molecule has 1 aromatic rings. The van der Waals surface area contributed by atoms with Crippen LogP contribution in [-0.2, 0) is 22.3 Å². The highest BCUT2D eigenvalue weighted by atomic mass is 16.7. The lowest BCUT2D eigenvalue weighted by atomic mass is 9.91. The van der Waals surface area contributed by atoms with E-state index >= 15 is 0 Å². The van der Waals surface area contributed by atoms with Crippen molar-refractivity contribution in [3.8, 4) is 0 Å². The second kappa shape index (κ2) is 3.25. The van der Waals surface area contributed by atoms with Crippen molar-refractivity contribution >= 4 is 0 Å². The fraction of sp³-hybridized carbons (Fsp3) is 0.636. The topological polar surface area (TPSA) is 44.2 Å². The number of nitrogens with zero attached hydrogens (tertiary/aromatic N) is 2. The van der Waals surface area contributed by atoms with E-state index in [0.29, 0.717) is 13.2 Å². The fourth-order valence-electron chi connectivity index (χ4n) is 2.34. The van der Waals surface area contributed by atoms with Crippen molar-refractivity contribution in [1.29, 1.82) is 0 Å². The Hall–Kier alpha value is -1.00. The van der Waals surface area contributed by atoms with Crippen LogP contribution in [0, 0.1) is 6.92 Å². The SMILES string of the molecule is Cc1ncc2c(n1)CCC1(C2)OCCO1. The van der Waals surface area contributed by atoms with Crippen molar-refractivity contribution in [1.82, 2.24) is 9.97 Å². The van der Waals surface area contributed by atoms with Gasteiger partial charge in [0.15, 0.2) is 5.79 Å². The Morgan fingerprint density at radius 1 is 1.33 bits per heavy atom. The van der Waals surface area contributed by atoms with Crippen LogP contribution < -0.4 is 0 Å². The zero-order valence-electron chi connectivity index (χ0n) is 8.82. The molecule has 0 amide bonds. The van der Waals surface area contributed by atoms with E-state index in [0.717, 1.165) is 30.8 Å². The summed E-state index contributed by atoms with van der Waals surface area (Å²) in [6.07, 6.45) is 4.54. The van der Waals surface area contributed by atoms with E-state index in [1.54, 1.807) is 0 Å². The first-order valence-electron chi connectivity index (χ1n) is 5.37. The van der Waals surface area contributed by atoms with Gasteiger partial charge in [-0.2, -0.15) is 0 Å². The predicted octanol–water partition coefficient (Wildman–Crippen LogP) is 1.02. The molecule has 0 saturated carbocycles. The number of rotatable bonds is 0. The number of aromatic nitrogens is 2. The third-order valence-corrected chi connectivity index (χ3v) is 3.09. The Bertz CT molecular complexity index is 386. The molecule has 1 spiro atoms. The van der Waals surface area contributed by atoms with Crippen LogP contribution in [0.5, 0.6) is 0 Å². The molecule has 1 aliphatic carbocycles. The summed E-state index contributed by atoms with van der Waals surface area (Å²) in [5, 5.41) is 0. The molecular formula is C11H14N2O2. The van der Waals surface area contributed by atoms with Gasteiger partial charge in [-0.25, -0.2) is 9.97 Å². The van der Waals surface area contributed by atoms with Gasteiger partial charge in [0.1, 0.15) is 5.82 Å². The lowest BCUT2D eigenvalue weighted by molar-refractivity contribution is -0.164. The van der Waals surface area contributed by atoms with Gasteiger partial charge in [-0.05, 0) is 18.9 Å². The van der Waals surface area contributed by atoms with Gasteiger partial charge in [0.25, 0.3) is 0 Å². The molecule has 0 radical (unpaired) electrons. The van der Waals surface area contributed by atoms with Crippen LogP contribution in [0.1, 0.15) is 23.5 Å². The second-order valence-electron chi connectivity index (χ2n) is 4.17. The molecule has 1 aromatic heterocycles. The maximum absolute atomic E-state index is 5.69. The first-order chi connectivity index (χ1) is 7.27. The van der Waals surface area contributed by atoms with Gasteiger partial charge < -0.3 is 9.47 Å². The van der Waals surface area contributed by atoms with Gasteiger partial charge in [-0.3, -0.25) is 0 Å². The summed E-state index contributed by atoms with van der Waals surface area (Å²) in [5.74, 6) is 0.476. The van der Waals surface area contributed by atoms with Crippen LogP contribution in [0.2, 0.25) is 0 Å². The van der Waals surface area contributed by atoms with Gasteiger partial charge in [-0.1, -0.05) is 0 Å². The summed E-state index contributed by atoms with van der Waals surface area (Å²) in [6, 6.07) is 0. The summed E-state index contributed by atoms with van der Waals surface area (Å²) < 4.78 is 11.4. The first kappa shape index (κ1) is 9.24. The molecule has 0 bridgehead atoms. The van der Waals surface area contributed by atoms with E-state index in [9.17, 15) is 0 Å². The average Bonchev–Trinajstić information content (AvgIpc) is 2.67. The Morgan fingerprint density at radius 3 is 2.93 bits per heavy atom. The number of fused-ring (bicyclic) bond motifs is 1. The first-order valence-corrected chi connectivity index (χ1v) is 5.37. The highest BCUT2D eigenvalue weighted by Crippen LogP contribution is 2.34. The predicted molar refractivity (Wildman–Crippen MR) is 53.4 cm³/mol. The van der Waals surface area contributed by atoms with Crippen LogP contribution in [-0.4, -0.2) is 29.0 Å². The van der Waals surface area contributed by atoms with Gasteiger partial charge in [0.2, 0.25) is 0 Å². The Labute approximate surface area is 88.6 Å². The molecule has 0 atom stereocenters. The van der Waals surface area contributed by atoms with Gasteiger partial charge in [0, 0.05) is 24.7 Å². The van der Waals surface area contributed by atoms with E-state index in [4.69, 9.17) is 9.47 Å². The van der Waals surface area contributed by atoms with Crippen molar-refractivity contribution in [3.05, 3.63) is 23.3 Å². The Balaban J connectivity index is 1.93. The van der Waals surface area contributed by atoms with Crippen molar-refractivity contribution in [2.45, 2.75) is 32.0 Å². The van der Waals surface area contributed by atoms with E-state index in [2.05, 4.69) is 9.97 Å². The van der Waals surface area contributed by atoms with Crippen LogP contribution in [0.25, 0.3) is 0 Å². The molecule has 4 heteroatoms. The molecule has 1 aliphatic heterocycles. The summed E-state index contributed by atoms with van der Waals surface area (Å²) in [6.45, 7) is 3.34. The highest BCUT2D eigenvalue weighted by molar-refractivity contribution is 5.23. The third kappa shape index (κ3) is 1.54. The van der Waals surface area contributed by atoms with Crippen LogP contribution in [0.3, 0.4) is 0 Å². The molecule has 2 aliphatic rings. The lowest BCUT2D eigenvalue weighted by Crippen LogP contribution is -2.37. The smallest absolute Gasteiger partial charge is 0.172 e. The van der Waals surface area contributed by atoms with Crippen molar-refractivity contribution in [2.75, 3.05) is 13.2 Å². The molecule has 3 rings (SSSR count). The highest BCUT2D eigenvalue weighted by Gasteiger charge is 2.40. The average molecular weight is 206 g/mol. The largest absolute Gasteiger partial charge is 0.347 e. The number of aryl methyl sites for hydroxylation is 2. The minimum atomic E-state index is -0.369. The Kier molecular flexibility index (Phi) is 2.00. The number of ether oxygens (including phenoxy) is 2. The van der Waals surface area contributed by atoms with Gasteiger partial charge >= 0.3 is 0 Å². The zero-order chi connectivity index (χ0) is 10.3. The molecular weight excluding hydrogens is 192 g/mol. The maximum Gasteiger partial charge on any atom is 0.172 e. The normalized spacial score (nSPS) is 23.0. The fourth-order valence-corrected chi connectivity index (χ4v) is 2.34. The summed E-state index contributed by atoms with van der Waals surface area (Å²) in [5.41, 5.74) is 2.33. The van der Waals surface area contributed by atoms with Gasteiger partial charge in [0.05, 0.1) is 13.2 Å². The van der Waals surface area contributed by atoms with Gasteiger partial charge in [-0.15, -0.1) is 0 Å². The maximum atomic E-state index is 5.69. The van der Waals surface area contributed by atoms with Crippen LogP contribution in [0.15, 0.2) is 6.20 Å². The molecule has 0 N–H and O–H groups in total. The van der Waals surface area contributed by atoms with Crippen molar-refractivity contribution in [2.24, 2.45) is 0 Å². The van der Waals surface area contributed by atoms with E-state index in [1.165, 1.54) is 5.56 Å². The van der Waals surface area contributed by atoms with Crippen LogP contribution >= 0.6 is 0 Å². The molecule has 2 heterocycles. The number of hydrogen-bond donors (Lipinski definition) is 0. The summed E-state index contributed by atoms with van der Waals surface area (Å²) in [4.78, 5) is 8.67. The quantitative estimate of drug-likeness (QED) is 0.635. The lowest BCUT2D eigenvalue weighted by Gasteiger charge is -2.31. The molecule has 1 saturated heterocycles. The summed E-state index contributed by atoms with van der Waals surface area (Å²) in [7, 11) is 0. The van der Waals surface area contributed by atoms with E-state index in [1.807, 2.05) is 13.1 Å². The molecule has 80 valence electrons. The zero-order valence-corrected chi connectivity index (χ0v) is 8.82. The molecule has 4 nitrogen and oxygen atoms in total.